The molecule has 0 fully saturated rings. The summed E-state index contributed by atoms with van der Waals surface area (Å²) in [4.78, 5) is 11.9. The second-order valence-electron chi connectivity index (χ2n) is 4.02. The molecule has 1 amide bonds. The second-order valence-corrected chi connectivity index (χ2v) is 4.02. The Morgan fingerprint density at radius 2 is 2.35 bits per heavy atom. The van der Waals surface area contributed by atoms with Crippen molar-refractivity contribution in [1.82, 2.24) is 10.2 Å². The van der Waals surface area contributed by atoms with Crippen LogP contribution in [0.5, 0.6) is 0 Å². The normalized spacial score (nSPS) is 9.75. The minimum atomic E-state index is -0.593. The van der Waals surface area contributed by atoms with Gasteiger partial charge in [0, 0.05) is 11.3 Å². The summed E-state index contributed by atoms with van der Waals surface area (Å²) >= 11 is 0. The number of anilines is 1. The number of H-pyrrole nitrogens is 1. The van der Waals surface area contributed by atoms with Crippen LogP contribution in [-0.4, -0.2) is 27.8 Å². The Hall–Kier alpha value is -2.65. The Bertz CT molecular complexity index is 698. The third-order valence-electron chi connectivity index (χ3n) is 2.60. The maximum absolute atomic E-state index is 13.8. The van der Waals surface area contributed by atoms with Gasteiger partial charge in [-0.25, -0.2) is 4.39 Å². The smallest absolute Gasteiger partial charge is 0.259 e. The third kappa shape index (κ3) is 3.02. The van der Waals surface area contributed by atoms with Crippen LogP contribution in [-0.2, 0) is 0 Å². The number of nitrogens with zero attached hydrogens (tertiary/aromatic N) is 1. The highest BCUT2D eigenvalue weighted by Gasteiger charge is 2.13. The van der Waals surface area contributed by atoms with Gasteiger partial charge >= 0.3 is 0 Å². The third-order valence-corrected chi connectivity index (χ3v) is 2.60. The molecule has 0 saturated carbocycles. The maximum Gasteiger partial charge on any atom is 0.259 e. The van der Waals surface area contributed by atoms with E-state index in [4.69, 9.17) is 5.11 Å². The van der Waals surface area contributed by atoms with E-state index >= 15 is 0 Å². The van der Waals surface area contributed by atoms with Gasteiger partial charge in [-0.15, -0.1) is 0 Å². The molecule has 2 aromatic rings. The first kappa shape index (κ1) is 13.8. The van der Waals surface area contributed by atoms with E-state index < -0.39 is 11.7 Å². The van der Waals surface area contributed by atoms with Gasteiger partial charge in [-0.05, 0) is 25.1 Å². The molecule has 0 bridgehead atoms. The molecule has 0 aliphatic rings. The molecule has 2 rings (SSSR count). The number of aliphatic hydroxyl groups is 1. The average molecular weight is 273 g/mol. The quantitative estimate of drug-likeness (QED) is 0.725. The first-order valence-corrected chi connectivity index (χ1v) is 5.82. The van der Waals surface area contributed by atoms with Crippen LogP contribution in [0.2, 0.25) is 0 Å². The highest BCUT2D eigenvalue weighted by Crippen LogP contribution is 2.17. The van der Waals surface area contributed by atoms with Gasteiger partial charge in [0.15, 0.2) is 0 Å². The molecule has 0 aliphatic carbocycles. The molecule has 20 heavy (non-hydrogen) atoms. The van der Waals surface area contributed by atoms with Crippen LogP contribution in [0.15, 0.2) is 24.4 Å². The van der Waals surface area contributed by atoms with E-state index in [2.05, 4.69) is 27.4 Å². The van der Waals surface area contributed by atoms with Crippen molar-refractivity contribution in [3.05, 3.63) is 47.0 Å². The van der Waals surface area contributed by atoms with E-state index in [1.54, 1.807) is 13.0 Å². The van der Waals surface area contributed by atoms with Gasteiger partial charge in [-0.2, -0.15) is 5.10 Å². The lowest BCUT2D eigenvalue weighted by Crippen LogP contribution is -2.13. The predicted octanol–water partition coefficient (Wildman–Crippen LogP) is 1.45. The zero-order valence-electron chi connectivity index (χ0n) is 10.7. The number of aryl methyl sites for hydroxylation is 1. The molecule has 5 nitrogen and oxygen atoms in total. The highest BCUT2D eigenvalue weighted by molar-refractivity contribution is 6.04. The van der Waals surface area contributed by atoms with Crippen LogP contribution in [0.25, 0.3) is 0 Å². The molecule has 0 aliphatic heterocycles. The lowest BCUT2D eigenvalue weighted by Gasteiger charge is -2.06. The SMILES string of the molecule is Cc1[nH]ncc1C(=O)Nc1ccc(C#CCO)cc1F. The number of hydrogen-bond acceptors (Lipinski definition) is 3. The molecular formula is C14H12FN3O2. The van der Waals surface area contributed by atoms with E-state index in [9.17, 15) is 9.18 Å². The van der Waals surface area contributed by atoms with Crippen molar-refractivity contribution >= 4 is 11.6 Å². The molecule has 1 heterocycles. The van der Waals surface area contributed by atoms with Crippen LogP contribution in [0.4, 0.5) is 10.1 Å². The first-order chi connectivity index (χ1) is 9.61. The molecule has 0 saturated heterocycles. The van der Waals surface area contributed by atoms with Crippen LogP contribution >= 0.6 is 0 Å². The average Bonchev–Trinajstić information content (AvgIpc) is 2.85. The number of halogens is 1. The van der Waals surface area contributed by atoms with Crippen molar-refractivity contribution in [3.8, 4) is 11.8 Å². The molecule has 6 heteroatoms. The second kappa shape index (κ2) is 5.99. The van der Waals surface area contributed by atoms with Crippen LogP contribution in [0.1, 0.15) is 21.6 Å². The summed E-state index contributed by atoms with van der Waals surface area (Å²) in [6, 6.07) is 4.17. The first-order valence-electron chi connectivity index (χ1n) is 5.82. The van der Waals surface area contributed by atoms with Gasteiger partial charge in [0.05, 0.1) is 17.4 Å². The Morgan fingerprint density at radius 1 is 1.55 bits per heavy atom. The minimum Gasteiger partial charge on any atom is -0.384 e. The van der Waals surface area contributed by atoms with E-state index in [0.29, 0.717) is 16.8 Å². The number of amides is 1. The monoisotopic (exact) mass is 273 g/mol. The van der Waals surface area contributed by atoms with Crippen LogP contribution in [0, 0.1) is 24.6 Å². The largest absolute Gasteiger partial charge is 0.384 e. The van der Waals surface area contributed by atoms with Crippen molar-refractivity contribution in [3.63, 3.8) is 0 Å². The number of nitrogens with one attached hydrogen (secondary N) is 2. The fourth-order valence-corrected chi connectivity index (χ4v) is 1.61. The molecule has 0 atom stereocenters. The van der Waals surface area contributed by atoms with Crippen LogP contribution < -0.4 is 5.32 Å². The van der Waals surface area contributed by atoms with E-state index in [-0.39, 0.29) is 12.3 Å². The number of rotatable bonds is 2. The number of aromatic nitrogens is 2. The van der Waals surface area contributed by atoms with Gasteiger partial charge in [0.1, 0.15) is 12.4 Å². The number of carbonyl (C=O) groups is 1. The summed E-state index contributed by atoms with van der Waals surface area (Å²) in [5.41, 5.74) is 1.45. The molecule has 102 valence electrons. The molecule has 0 radical (unpaired) electrons. The summed E-state index contributed by atoms with van der Waals surface area (Å²) in [5, 5.41) is 17.4. The molecule has 3 N–H and O–H groups in total. The van der Waals surface area contributed by atoms with Crippen LogP contribution in [0.3, 0.4) is 0 Å². The van der Waals surface area contributed by atoms with Gasteiger partial charge < -0.3 is 10.4 Å². The van der Waals surface area contributed by atoms with Crippen molar-refractivity contribution in [1.29, 1.82) is 0 Å². The fraction of sp³-hybridized carbons (Fsp3) is 0.143. The van der Waals surface area contributed by atoms with E-state index in [1.165, 1.54) is 18.3 Å². The topological polar surface area (TPSA) is 78.0 Å². The molecule has 1 aromatic carbocycles. The highest BCUT2D eigenvalue weighted by atomic mass is 19.1. The lowest BCUT2D eigenvalue weighted by molar-refractivity contribution is 0.102. The van der Waals surface area contributed by atoms with Gasteiger partial charge in [0.25, 0.3) is 5.91 Å². The van der Waals surface area contributed by atoms with Crippen molar-refractivity contribution < 1.29 is 14.3 Å². The minimum absolute atomic E-state index is 0.0603. The summed E-state index contributed by atoms with van der Waals surface area (Å²) in [6.45, 7) is 1.41. The molecule has 1 aromatic heterocycles. The zero-order valence-corrected chi connectivity index (χ0v) is 10.7. The van der Waals surface area contributed by atoms with Crippen molar-refractivity contribution in [2.24, 2.45) is 0 Å². The standard InChI is InChI=1S/C14H12FN3O2/c1-9-11(8-16-18-9)14(20)17-13-5-4-10(3-2-6-19)7-12(13)15/h4-5,7-8,19H,6H2,1H3,(H,16,18)(H,17,20). The van der Waals surface area contributed by atoms with Crippen molar-refractivity contribution in [2.75, 3.05) is 11.9 Å². The lowest BCUT2D eigenvalue weighted by atomic mass is 10.2. The summed E-state index contributed by atoms with van der Waals surface area (Å²) in [5.74, 6) is 3.97. The summed E-state index contributed by atoms with van der Waals surface area (Å²) in [6.07, 6.45) is 1.38. The molecule has 0 unspecified atom stereocenters. The Balaban J connectivity index is 2.18. The van der Waals surface area contributed by atoms with Gasteiger partial charge in [0.2, 0.25) is 0 Å². The number of benzene rings is 1. The van der Waals surface area contributed by atoms with Gasteiger partial charge in [-0.3, -0.25) is 9.89 Å². The number of aromatic amines is 1. The predicted molar refractivity (Wildman–Crippen MR) is 71.6 cm³/mol. The van der Waals surface area contributed by atoms with E-state index in [0.717, 1.165) is 0 Å². The zero-order chi connectivity index (χ0) is 14.5. The van der Waals surface area contributed by atoms with Gasteiger partial charge in [-0.1, -0.05) is 11.8 Å². The van der Waals surface area contributed by atoms with Crippen molar-refractivity contribution in [2.45, 2.75) is 6.92 Å². The summed E-state index contributed by atoms with van der Waals surface area (Å²) in [7, 11) is 0. The Morgan fingerprint density at radius 3 is 2.95 bits per heavy atom. The Kier molecular flexibility index (Phi) is 4.13. The number of aliphatic hydroxyl groups excluding tert-OH is 1. The molecular weight excluding hydrogens is 261 g/mol. The van der Waals surface area contributed by atoms with E-state index in [1.807, 2.05) is 0 Å². The number of hydrogen-bond donors (Lipinski definition) is 3. The molecule has 0 spiro atoms. The number of carbonyl (C=O) groups excluding carboxylic acids is 1. The summed E-state index contributed by atoms with van der Waals surface area (Å²) < 4.78 is 13.8. The fourth-order valence-electron chi connectivity index (χ4n) is 1.61. The Labute approximate surface area is 114 Å². The maximum atomic E-state index is 13.8.